The minimum Gasteiger partial charge on any atom is -0.463 e. The first-order valence-electron chi connectivity index (χ1n) is 6.52. The quantitative estimate of drug-likeness (QED) is 0.796. The van der Waals surface area contributed by atoms with E-state index in [1.165, 1.54) is 22.9 Å². The fourth-order valence-electron chi connectivity index (χ4n) is 2.05. The molecular weight excluding hydrogens is 298 g/mol. The molecule has 0 bridgehead atoms. The Kier molecular flexibility index (Phi) is 5.62. The Morgan fingerprint density at radius 3 is 2.70 bits per heavy atom. The van der Waals surface area contributed by atoms with Gasteiger partial charge in [-0.25, -0.2) is 0 Å². The highest BCUT2D eigenvalue weighted by Crippen LogP contribution is 2.28. The molecule has 1 fully saturated rings. The molecule has 8 heteroatoms. The van der Waals surface area contributed by atoms with Crippen molar-refractivity contribution >= 4 is 28.5 Å². The van der Waals surface area contributed by atoms with Crippen LogP contribution in [-0.4, -0.2) is 52.9 Å². The summed E-state index contributed by atoms with van der Waals surface area (Å²) in [6, 6.07) is 0. The van der Waals surface area contributed by atoms with E-state index in [1.54, 1.807) is 21.2 Å². The van der Waals surface area contributed by atoms with Gasteiger partial charge in [-0.3, -0.25) is 4.79 Å². The minimum atomic E-state index is -0.0956. The van der Waals surface area contributed by atoms with E-state index in [-0.39, 0.29) is 17.4 Å². The summed E-state index contributed by atoms with van der Waals surface area (Å²) in [5.74, 6) is 0. The number of ether oxygens (including phenoxy) is 2. The van der Waals surface area contributed by atoms with E-state index in [4.69, 9.17) is 9.47 Å². The highest BCUT2D eigenvalue weighted by molar-refractivity contribution is 8.13. The number of rotatable bonds is 4. The summed E-state index contributed by atoms with van der Waals surface area (Å²) in [5.41, 5.74) is 0. The molecule has 0 aliphatic heterocycles. The van der Waals surface area contributed by atoms with Gasteiger partial charge >= 0.3 is 0 Å². The lowest BCUT2D eigenvalue weighted by molar-refractivity contribution is -0.0231. The average molecular weight is 317 g/mol. The molecule has 1 aliphatic carbocycles. The van der Waals surface area contributed by atoms with E-state index in [1.807, 2.05) is 0 Å². The van der Waals surface area contributed by atoms with E-state index in [9.17, 15) is 4.79 Å². The van der Waals surface area contributed by atoms with Crippen LogP contribution in [0.25, 0.3) is 0 Å². The second-order valence-corrected chi connectivity index (χ2v) is 6.45. The van der Waals surface area contributed by atoms with E-state index in [0.29, 0.717) is 10.4 Å². The molecule has 0 aromatic carbocycles. The van der Waals surface area contributed by atoms with Gasteiger partial charge in [0.2, 0.25) is 5.16 Å². The van der Waals surface area contributed by atoms with Crippen molar-refractivity contribution in [2.24, 2.45) is 0 Å². The second-order valence-electron chi connectivity index (χ2n) is 4.82. The zero-order valence-electron chi connectivity index (χ0n) is 11.9. The van der Waals surface area contributed by atoms with E-state index in [2.05, 4.69) is 9.36 Å². The van der Waals surface area contributed by atoms with Gasteiger partial charge < -0.3 is 14.4 Å². The largest absolute Gasteiger partial charge is 0.463 e. The standard InChI is InChI=1S/C12H19N3O3S2/c1-15(2)12(16)19-10-13-11(20-14-10)18-9-7-5-4-6-8(9)17-3/h8-9H,4-7H2,1-3H3/t8?,9-/m0/s1. The van der Waals surface area contributed by atoms with E-state index < -0.39 is 0 Å². The fourth-order valence-corrected chi connectivity index (χ4v) is 3.33. The molecule has 2 atom stereocenters. The van der Waals surface area contributed by atoms with Crippen LogP contribution in [0, 0.1) is 0 Å². The summed E-state index contributed by atoms with van der Waals surface area (Å²) >= 11 is 2.18. The van der Waals surface area contributed by atoms with Gasteiger partial charge in [0.1, 0.15) is 6.10 Å². The summed E-state index contributed by atoms with van der Waals surface area (Å²) in [6.45, 7) is 0. The Morgan fingerprint density at radius 2 is 2.05 bits per heavy atom. The molecule has 1 aromatic heterocycles. The van der Waals surface area contributed by atoms with Crippen LogP contribution < -0.4 is 4.74 Å². The zero-order valence-corrected chi connectivity index (χ0v) is 13.5. The normalized spacial score (nSPS) is 22.6. The minimum absolute atomic E-state index is 0.0316. The molecule has 112 valence electrons. The van der Waals surface area contributed by atoms with Crippen molar-refractivity contribution in [1.29, 1.82) is 0 Å². The SMILES string of the molecule is COC1CCCC[C@@H]1Oc1nc(SC(=O)N(C)C)ns1. The van der Waals surface area contributed by atoms with Gasteiger partial charge in [-0.2, -0.15) is 9.36 Å². The topological polar surface area (TPSA) is 64.6 Å². The predicted octanol–water partition coefficient (Wildman–Crippen LogP) is 2.65. The van der Waals surface area contributed by atoms with Crippen molar-refractivity contribution in [3.63, 3.8) is 0 Å². The van der Waals surface area contributed by atoms with Crippen LogP contribution in [0.1, 0.15) is 25.7 Å². The Morgan fingerprint density at radius 1 is 1.35 bits per heavy atom. The molecule has 1 heterocycles. The number of hydrogen-bond donors (Lipinski definition) is 0. The summed E-state index contributed by atoms with van der Waals surface area (Å²) < 4.78 is 15.4. The van der Waals surface area contributed by atoms with Crippen LogP contribution in [0.2, 0.25) is 0 Å². The van der Waals surface area contributed by atoms with E-state index >= 15 is 0 Å². The summed E-state index contributed by atoms with van der Waals surface area (Å²) in [7, 11) is 5.11. The molecule has 0 N–H and O–H groups in total. The fraction of sp³-hybridized carbons (Fsp3) is 0.750. The molecule has 0 radical (unpaired) electrons. The van der Waals surface area contributed by atoms with Crippen molar-refractivity contribution < 1.29 is 14.3 Å². The van der Waals surface area contributed by atoms with Gasteiger partial charge in [0.25, 0.3) is 10.4 Å². The smallest absolute Gasteiger partial charge is 0.294 e. The van der Waals surface area contributed by atoms with Gasteiger partial charge in [-0.15, -0.1) is 0 Å². The number of thioether (sulfide) groups is 1. The molecule has 0 saturated heterocycles. The van der Waals surface area contributed by atoms with Gasteiger partial charge in [0.05, 0.1) is 6.10 Å². The highest BCUT2D eigenvalue weighted by Gasteiger charge is 2.27. The van der Waals surface area contributed by atoms with Crippen LogP contribution in [0.4, 0.5) is 4.79 Å². The van der Waals surface area contributed by atoms with Crippen molar-refractivity contribution in [1.82, 2.24) is 14.3 Å². The molecule has 1 saturated carbocycles. The van der Waals surface area contributed by atoms with Crippen molar-refractivity contribution in [3.8, 4) is 5.19 Å². The van der Waals surface area contributed by atoms with Gasteiger partial charge in [-0.05, 0) is 19.3 Å². The van der Waals surface area contributed by atoms with Crippen LogP contribution in [0.5, 0.6) is 5.19 Å². The number of aromatic nitrogens is 2. The van der Waals surface area contributed by atoms with Crippen LogP contribution in [0.3, 0.4) is 0 Å². The maximum atomic E-state index is 11.6. The van der Waals surface area contributed by atoms with Crippen molar-refractivity contribution in [2.75, 3.05) is 21.2 Å². The molecule has 1 aliphatic rings. The van der Waals surface area contributed by atoms with Crippen molar-refractivity contribution in [2.45, 2.75) is 43.0 Å². The Labute approximate surface area is 127 Å². The first kappa shape index (κ1) is 15.5. The number of amides is 1. The number of carbonyl (C=O) groups is 1. The van der Waals surface area contributed by atoms with Gasteiger partial charge in [0.15, 0.2) is 0 Å². The lowest BCUT2D eigenvalue weighted by Crippen LogP contribution is -2.36. The van der Waals surface area contributed by atoms with Crippen LogP contribution >= 0.6 is 23.3 Å². The summed E-state index contributed by atoms with van der Waals surface area (Å²) in [6.07, 6.45) is 4.45. The van der Waals surface area contributed by atoms with Crippen LogP contribution in [-0.2, 0) is 4.74 Å². The molecule has 1 amide bonds. The predicted molar refractivity (Wildman–Crippen MR) is 78.5 cm³/mol. The molecule has 0 spiro atoms. The maximum absolute atomic E-state index is 11.6. The molecule has 6 nitrogen and oxygen atoms in total. The van der Waals surface area contributed by atoms with Gasteiger partial charge in [0, 0.05) is 44.5 Å². The molecule has 1 unspecified atom stereocenters. The van der Waals surface area contributed by atoms with Gasteiger partial charge in [-0.1, -0.05) is 6.42 Å². The summed E-state index contributed by atoms with van der Waals surface area (Å²) in [4.78, 5) is 17.3. The number of nitrogens with zero attached hydrogens (tertiary/aromatic N) is 3. The molecule has 2 rings (SSSR count). The van der Waals surface area contributed by atoms with Crippen molar-refractivity contribution in [3.05, 3.63) is 0 Å². The lowest BCUT2D eigenvalue weighted by Gasteiger charge is -2.29. The Balaban J connectivity index is 1.93. The molecular formula is C12H19N3O3S2. The first-order valence-corrected chi connectivity index (χ1v) is 8.11. The number of carbonyl (C=O) groups excluding carboxylic acids is 1. The first-order chi connectivity index (χ1) is 9.60. The van der Waals surface area contributed by atoms with Crippen LogP contribution in [0.15, 0.2) is 5.16 Å². The number of methoxy groups -OCH3 is 1. The maximum Gasteiger partial charge on any atom is 0.294 e. The highest BCUT2D eigenvalue weighted by atomic mass is 32.2. The zero-order chi connectivity index (χ0) is 14.5. The third kappa shape index (κ3) is 4.07. The Bertz CT molecular complexity index is 453. The average Bonchev–Trinajstić information content (AvgIpc) is 2.86. The Hall–Kier alpha value is -0.860. The van der Waals surface area contributed by atoms with E-state index in [0.717, 1.165) is 31.0 Å². The molecule has 1 aromatic rings. The monoisotopic (exact) mass is 317 g/mol. The molecule has 20 heavy (non-hydrogen) atoms. The lowest BCUT2D eigenvalue weighted by atomic mass is 9.95. The third-order valence-electron chi connectivity index (χ3n) is 3.13. The second kappa shape index (κ2) is 7.24. The third-order valence-corrected chi connectivity index (χ3v) is 4.76. The summed E-state index contributed by atoms with van der Waals surface area (Å²) in [5, 5.41) is 0.850. The number of hydrogen-bond acceptors (Lipinski definition) is 7.